The largest absolute Gasteiger partial charge is 0.480 e. The molecule has 0 radical (unpaired) electrons. The Morgan fingerprint density at radius 1 is 1.50 bits per heavy atom. The molecule has 2 N–H and O–H groups in total. The van der Waals surface area contributed by atoms with Gasteiger partial charge in [-0.25, -0.2) is 14.6 Å². The van der Waals surface area contributed by atoms with Gasteiger partial charge in [-0.05, 0) is 6.42 Å². The molecule has 2 rings (SSSR count). The molecule has 16 heavy (non-hydrogen) atoms. The third-order valence-corrected chi connectivity index (χ3v) is 3.57. The molecule has 1 fully saturated rings. The summed E-state index contributed by atoms with van der Waals surface area (Å²) in [5.74, 6) is -1.20. The molecule has 1 amide bonds. The first-order valence-electron chi connectivity index (χ1n) is 4.71. The average molecular weight is 242 g/mol. The lowest BCUT2D eigenvalue weighted by Gasteiger charge is -2.16. The Kier molecular flexibility index (Phi) is 2.78. The van der Waals surface area contributed by atoms with Gasteiger partial charge >= 0.3 is 12.1 Å². The Hall–Kier alpha value is -1.63. The molecule has 1 aliphatic heterocycles. The van der Waals surface area contributed by atoms with E-state index in [0.717, 1.165) is 9.91 Å². The lowest BCUT2D eigenvalue weighted by atomic mass is 10.1. The molecule has 0 spiro atoms. The Morgan fingerprint density at radius 3 is 2.69 bits per heavy atom. The van der Waals surface area contributed by atoms with Crippen LogP contribution in [0.5, 0.6) is 0 Å². The summed E-state index contributed by atoms with van der Waals surface area (Å²) >= 11 is 1.42. The van der Waals surface area contributed by atoms with Crippen LogP contribution < -0.4 is 0 Å². The van der Waals surface area contributed by atoms with Gasteiger partial charge in [0.2, 0.25) is 0 Å². The van der Waals surface area contributed by atoms with Crippen LogP contribution in [0.25, 0.3) is 0 Å². The quantitative estimate of drug-likeness (QED) is 0.809. The van der Waals surface area contributed by atoms with Crippen LogP contribution in [-0.2, 0) is 4.79 Å². The van der Waals surface area contributed by atoms with Gasteiger partial charge < -0.3 is 10.2 Å². The molecule has 0 saturated carbocycles. The molecule has 1 aromatic rings. The fraction of sp³-hybridized carbons (Fsp3) is 0.444. The first kappa shape index (κ1) is 10.9. The van der Waals surface area contributed by atoms with Crippen molar-refractivity contribution in [2.24, 2.45) is 0 Å². The minimum Gasteiger partial charge on any atom is -0.480 e. The van der Waals surface area contributed by atoms with Crippen molar-refractivity contribution in [1.29, 1.82) is 0 Å². The van der Waals surface area contributed by atoms with Crippen LogP contribution in [0.1, 0.15) is 17.3 Å². The summed E-state index contributed by atoms with van der Waals surface area (Å²) < 4.78 is 0. The number of nitrogens with zero attached hydrogens (tertiary/aromatic N) is 2. The first-order chi connectivity index (χ1) is 7.59. The summed E-state index contributed by atoms with van der Waals surface area (Å²) in [4.78, 5) is 26.8. The van der Waals surface area contributed by atoms with Crippen LogP contribution >= 0.6 is 11.3 Å². The zero-order chi connectivity index (χ0) is 11.7. The monoisotopic (exact) mass is 242 g/mol. The summed E-state index contributed by atoms with van der Waals surface area (Å²) in [5.41, 5.74) is 0. The highest BCUT2D eigenvalue weighted by Gasteiger charge is 2.41. The van der Waals surface area contributed by atoms with Crippen molar-refractivity contribution in [1.82, 2.24) is 9.88 Å². The molecule has 1 saturated heterocycles. The third kappa shape index (κ3) is 1.85. The highest BCUT2D eigenvalue weighted by atomic mass is 32.1. The molecule has 0 unspecified atom stereocenters. The number of hydrogen-bond donors (Lipinski definition) is 2. The number of carboxylic acids is 1. The minimum absolute atomic E-state index is 0.0998. The molecule has 0 aromatic carbocycles. The smallest absolute Gasteiger partial charge is 0.408 e. The summed E-state index contributed by atoms with van der Waals surface area (Å²) in [5, 5.41) is 20.4. The SMILES string of the molecule is O=C(O)[C@@H]1C[C@H](c2nccs2)CN1C(=O)O. The van der Waals surface area contributed by atoms with E-state index in [1.807, 2.05) is 0 Å². The van der Waals surface area contributed by atoms with Crippen molar-refractivity contribution in [3.05, 3.63) is 16.6 Å². The van der Waals surface area contributed by atoms with E-state index in [0.29, 0.717) is 6.42 Å². The number of carbonyl (C=O) groups is 2. The second-order valence-corrected chi connectivity index (χ2v) is 4.52. The first-order valence-corrected chi connectivity index (χ1v) is 5.59. The maximum absolute atomic E-state index is 10.9. The summed E-state index contributed by atoms with van der Waals surface area (Å²) in [6.45, 7) is 0.208. The minimum atomic E-state index is -1.19. The Labute approximate surface area is 95.1 Å². The number of rotatable bonds is 2. The molecule has 0 aliphatic carbocycles. The predicted octanol–water partition coefficient (Wildman–Crippen LogP) is 1.06. The number of amides is 1. The Bertz CT molecular complexity index is 384. The maximum Gasteiger partial charge on any atom is 0.408 e. The number of carboxylic acid groups (broad SMARTS) is 2. The molecule has 7 heteroatoms. The van der Waals surface area contributed by atoms with Crippen molar-refractivity contribution >= 4 is 23.4 Å². The summed E-state index contributed by atoms with van der Waals surface area (Å²) in [7, 11) is 0. The predicted molar refractivity (Wildman–Crippen MR) is 55.6 cm³/mol. The Balaban J connectivity index is 2.18. The van der Waals surface area contributed by atoms with Gasteiger partial charge in [0.25, 0.3) is 0 Å². The van der Waals surface area contributed by atoms with Crippen LogP contribution in [-0.4, -0.2) is 44.7 Å². The van der Waals surface area contributed by atoms with Gasteiger partial charge in [-0.1, -0.05) is 0 Å². The molecule has 0 bridgehead atoms. The van der Waals surface area contributed by atoms with Gasteiger partial charge in [-0.3, -0.25) is 4.90 Å². The van der Waals surface area contributed by atoms with Gasteiger partial charge in [0.1, 0.15) is 6.04 Å². The molecular formula is C9H10N2O4S. The average Bonchev–Trinajstić information content (AvgIpc) is 2.86. The van der Waals surface area contributed by atoms with Gasteiger partial charge in [0.15, 0.2) is 0 Å². The highest BCUT2D eigenvalue weighted by Crippen LogP contribution is 2.32. The van der Waals surface area contributed by atoms with E-state index in [1.54, 1.807) is 11.6 Å². The second kappa shape index (κ2) is 4.09. The van der Waals surface area contributed by atoms with E-state index in [1.165, 1.54) is 11.3 Å². The molecule has 1 aromatic heterocycles. The number of hydrogen-bond acceptors (Lipinski definition) is 4. The van der Waals surface area contributed by atoms with Gasteiger partial charge in [-0.2, -0.15) is 0 Å². The lowest BCUT2D eigenvalue weighted by molar-refractivity contribution is -0.141. The maximum atomic E-state index is 10.9. The van der Waals surface area contributed by atoms with Crippen molar-refractivity contribution in [2.45, 2.75) is 18.4 Å². The van der Waals surface area contributed by atoms with Gasteiger partial charge in [-0.15, -0.1) is 11.3 Å². The van der Waals surface area contributed by atoms with Gasteiger partial charge in [0.05, 0.1) is 5.01 Å². The lowest BCUT2D eigenvalue weighted by Crippen LogP contribution is -2.39. The number of aliphatic carboxylic acids is 1. The second-order valence-electron chi connectivity index (χ2n) is 3.59. The number of aromatic nitrogens is 1. The van der Waals surface area contributed by atoms with Crippen LogP contribution in [0.2, 0.25) is 0 Å². The standard InChI is InChI=1S/C9H10N2O4S/c12-8(13)6-3-5(4-11(6)9(14)15)7-10-1-2-16-7/h1-2,5-6H,3-4H2,(H,12,13)(H,14,15)/t5-,6-/m0/s1. The van der Waals surface area contributed by atoms with E-state index in [9.17, 15) is 9.59 Å². The molecule has 2 atom stereocenters. The fourth-order valence-corrected chi connectivity index (χ4v) is 2.64. The van der Waals surface area contributed by atoms with Crippen LogP contribution in [0.4, 0.5) is 4.79 Å². The third-order valence-electron chi connectivity index (χ3n) is 2.63. The van der Waals surface area contributed by atoms with Crippen LogP contribution in [0, 0.1) is 0 Å². The molecule has 2 heterocycles. The number of thiazole rings is 1. The summed E-state index contributed by atoms with van der Waals surface area (Å²) in [6.07, 6.45) is 0.750. The van der Waals surface area contributed by atoms with Crippen molar-refractivity contribution in [3.8, 4) is 0 Å². The summed E-state index contributed by atoms with van der Waals surface area (Å²) in [6, 6.07) is -0.952. The van der Waals surface area contributed by atoms with E-state index < -0.39 is 18.1 Å². The van der Waals surface area contributed by atoms with Gasteiger partial charge in [0, 0.05) is 24.0 Å². The zero-order valence-electron chi connectivity index (χ0n) is 8.24. The molecular weight excluding hydrogens is 232 g/mol. The fourth-order valence-electron chi connectivity index (χ4n) is 1.90. The molecule has 86 valence electrons. The van der Waals surface area contributed by atoms with Crippen molar-refractivity contribution < 1.29 is 19.8 Å². The van der Waals surface area contributed by atoms with Crippen molar-refractivity contribution in [3.63, 3.8) is 0 Å². The van der Waals surface area contributed by atoms with E-state index in [2.05, 4.69) is 4.98 Å². The molecule has 1 aliphatic rings. The Morgan fingerprint density at radius 2 is 2.25 bits per heavy atom. The van der Waals surface area contributed by atoms with E-state index in [-0.39, 0.29) is 12.5 Å². The number of likely N-dealkylation sites (tertiary alicyclic amines) is 1. The van der Waals surface area contributed by atoms with Crippen molar-refractivity contribution in [2.75, 3.05) is 6.54 Å². The topological polar surface area (TPSA) is 90.7 Å². The van der Waals surface area contributed by atoms with Crippen LogP contribution in [0.3, 0.4) is 0 Å². The zero-order valence-corrected chi connectivity index (χ0v) is 9.05. The van der Waals surface area contributed by atoms with Crippen LogP contribution in [0.15, 0.2) is 11.6 Å². The van der Waals surface area contributed by atoms with E-state index >= 15 is 0 Å². The van der Waals surface area contributed by atoms with E-state index in [4.69, 9.17) is 10.2 Å². The molecule has 6 nitrogen and oxygen atoms in total. The normalized spacial score (nSPS) is 24.6. The highest BCUT2D eigenvalue weighted by molar-refractivity contribution is 7.09.